The summed E-state index contributed by atoms with van der Waals surface area (Å²) < 4.78 is 5.42. The molecular formula is C16H25NO2. The summed E-state index contributed by atoms with van der Waals surface area (Å²) in [6, 6.07) is 7.77. The number of likely N-dealkylation sites (tertiary alicyclic amines) is 1. The van der Waals surface area contributed by atoms with Gasteiger partial charge in [-0.15, -0.1) is 0 Å². The molecule has 1 aliphatic rings. The van der Waals surface area contributed by atoms with E-state index in [1.165, 1.54) is 12.8 Å². The Kier molecular flexibility index (Phi) is 4.48. The molecule has 1 atom stereocenters. The van der Waals surface area contributed by atoms with Crippen LogP contribution < -0.4 is 4.74 Å². The maximum atomic E-state index is 10.4. The Balaban J connectivity index is 1.97. The van der Waals surface area contributed by atoms with Crippen LogP contribution in [0.3, 0.4) is 0 Å². The van der Waals surface area contributed by atoms with Gasteiger partial charge < -0.3 is 9.84 Å². The van der Waals surface area contributed by atoms with Crippen molar-refractivity contribution in [2.24, 2.45) is 0 Å². The van der Waals surface area contributed by atoms with Crippen molar-refractivity contribution in [3.05, 3.63) is 29.8 Å². The van der Waals surface area contributed by atoms with Crippen molar-refractivity contribution in [1.29, 1.82) is 0 Å². The maximum Gasteiger partial charge on any atom is 0.119 e. The fraction of sp³-hybridized carbons (Fsp3) is 0.625. The molecule has 1 fully saturated rings. The van der Waals surface area contributed by atoms with Crippen LogP contribution in [0.15, 0.2) is 24.3 Å². The largest absolute Gasteiger partial charge is 0.494 e. The van der Waals surface area contributed by atoms with E-state index < -0.39 is 6.10 Å². The van der Waals surface area contributed by atoms with Crippen LogP contribution >= 0.6 is 0 Å². The van der Waals surface area contributed by atoms with Crippen LogP contribution in [0.2, 0.25) is 0 Å². The molecule has 0 spiro atoms. The monoisotopic (exact) mass is 263 g/mol. The molecule has 0 aromatic heterocycles. The average molecular weight is 263 g/mol. The van der Waals surface area contributed by atoms with Crippen LogP contribution in [0.25, 0.3) is 0 Å². The molecule has 1 aromatic carbocycles. The lowest BCUT2D eigenvalue weighted by atomic mass is 10.0. The number of hydrogen-bond acceptors (Lipinski definition) is 3. The first kappa shape index (κ1) is 14.4. The molecule has 0 saturated carbocycles. The zero-order valence-electron chi connectivity index (χ0n) is 12.2. The minimum atomic E-state index is -0.423. The fourth-order valence-corrected chi connectivity index (χ4v) is 2.77. The normalized spacial score (nSPS) is 20.4. The number of benzene rings is 1. The van der Waals surface area contributed by atoms with Crippen molar-refractivity contribution >= 4 is 0 Å². The van der Waals surface area contributed by atoms with E-state index in [0.717, 1.165) is 17.9 Å². The van der Waals surface area contributed by atoms with Gasteiger partial charge in [0.2, 0.25) is 0 Å². The second-order valence-electron chi connectivity index (χ2n) is 5.88. The molecule has 2 rings (SSSR count). The number of aliphatic hydroxyl groups is 1. The highest BCUT2D eigenvalue weighted by Gasteiger charge is 2.32. The summed E-state index contributed by atoms with van der Waals surface area (Å²) in [7, 11) is 0. The van der Waals surface area contributed by atoms with E-state index >= 15 is 0 Å². The molecule has 3 heteroatoms. The lowest BCUT2D eigenvalue weighted by molar-refractivity contribution is 0.0778. The standard InChI is InChI=1S/C16H25NO2/c1-4-19-14-8-6-13(7-9-14)15(18)12-17-11-5-10-16(17,2)3/h6-9,15,18H,4-5,10-12H2,1-3H3. The maximum absolute atomic E-state index is 10.4. The number of aliphatic hydroxyl groups excluding tert-OH is 1. The molecule has 0 bridgehead atoms. The number of nitrogens with zero attached hydrogens (tertiary/aromatic N) is 1. The van der Waals surface area contributed by atoms with Crippen LogP contribution in [0.4, 0.5) is 0 Å². The van der Waals surface area contributed by atoms with Crippen molar-refractivity contribution in [3.8, 4) is 5.75 Å². The molecule has 3 nitrogen and oxygen atoms in total. The van der Waals surface area contributed by atoms with E-state index in [1.807, 2.05) is 31.2 Å². The van der Waals surface area contributed by atoms with E-state index in [0.29, 0.717) is 13.2 Å². The molecule has 19 heavy (non-hydrogen) atoms. The summed E-state index contributed by atoms with van der Waals surface area (Å²) in [5.74, 6) is 0.861. The molecule has 106 valence electrons. The molecular weight excluding hydrogens is 238 g/mol. The van der Waals surface area contributed by atoms with E-state index in [9.17, 15) is 5.11 Å². The Hall–Kier alpha value is -1.06. The molecule has 1 N–H and O–H groups in total. The molecule has 0 aliphatic carbocycles. The molecule has 1 saturated heterocycles. The van der Waals surface area contributed by atoms with Crippen LogP contribution in [0.1, 0.15) is 45.3 Å². The number of β-amino-alcohol motifs (C(OH)–C–C–N with tert-alkyl or cyclic N) is 1. The van der Waals surface area contributed by atoms with Gasteiger partial charge in [-0.25, -0.2) is 0 Å². The highest BCUT2D eigenvalue weighted by Crippen LogP contribution is 2.30. The summed E-state index contributed by atoms with van der Waals surface area (Å²) in [5, 5.41) is 10.4. The first-order valence-corrected chi connectivity index (χ1v) is 7.19. The summed E-state index contributed by atoms with van der Waals surface area (Å²) in [4.78, 5) is 2.38. The van der Waals surface area contributed by atoms with Crippen molar-refractivity contribution in [2.75, 3.05) is 19.7 Å². The van der Waals surface area contributed by atoms with Gasteiger partial charge in [0.15, 0.2) is 0 Å². The fourth-order valence-electron chi connectivity index (χ4n) is 2.77. The second kappa shape index (κ2) is 5.93. The van der Waals surface area contributed by atoms with Crippen LogP contribution in [-0.4, -0.2) is 35.2 Å². The summed E-state index contributed by atoms with van der Waals surface area (Å²) >= 11 is 0. The predicted molar refractivity (Wildman–Crippen MR) is 77.5 cm³/mol. The minimum absolute atomic E-state index is 0.215. The van der Waals surface area contributed by atoms with E-state index in [1.54, 1.807) is 0 Å². The van der Waals surface area contributed by atoms with Gasteiger partial charge in [-0.1, -0.05) is 12.1 Å². The number of hydrogen-bond donors (Lipinski definition) is 1. The van der Waals surface area contributed by atoms with Gasteiger partial charge in [0.05, 0.1) is 12.7 Å². The zero-order chi connectivity index (χ0) is 13.9. The minimum Gasteiger partial charge on any atom is -0.494 e. The highest BCUT2D eigenvalue weighted by molar-refractivity contribution is 5.28. The Morgan fingerprint density at radius 2 is 2.00 bits per heavy atom. The van der Waals surface area contributed by atoms with E-state index in [4.69, 9.17) is 4.74 Å². The molecule has 1 unspecified atom stereocenters. The third-order valence-corrected chi connectivity index (χ3v) is 4.04. The van der Waals surface area contributed by atoms with Gasteiger partial charge in [-0.3, -0.25) is 4.90 Å². The Morgan fingerprint density at radius 3 is 2.53 bits per heavy atom. The second-order valence-corrected chi connectivity index (χ2v) is 5.88. The van der Waals surface area contributed by atoms with Gasteiger partial charge in [0.25, 0.3) is 0 Å². The smallest absolute Gasteiger partial charge is 0.119 e. The predicted octanol–water partition coefficient (Wildman–Crippen LogP) is 2.99. The Labute approximate surface area is 116 Å². The first-order chi connectivity index (χ1) is 9.03. The Morgan fingerprint density at radius 1 is 1.32 bits per heavy atom. The Bertz CT molecular complexity index is 400. The third kappa shape index (κ3) is 3.48. The topological polar surface area (TPSA) is 32.7 Å². The van der Waals surface area contributed by atoms with E-state index in [2.05, 4.69) is 18.7 Å². The van der Waals surface area contributed by atoms with Crippen LogP contribution in [0.5, 0.6) is 5.75 Å². The summed E-state index contributed by atoms with van der Waals surface area (Å²) in [5.41, 5.74) is 1.18. The van der Waals surface area contributed by atoms with Crippen molar-refractivity contribution < 1.29 is 9.84 Å². The zero-order valence-corrected chi connectivity index (χ0v) is 12.2. The highest BCUT2D eigenvalue weighted by atomic mass is 16.5. The molecule has 0 amide bonds. The third-order valence-electron chi connectivity index (χ3n) is 4.04. The van der Waals surface area contributed by atoms with Crippen LogP contribution in [-0.2, 0) is 0 Å². The van der Waals surface area contributed by atoms with Gasteiger partial charge >= 0.3 is 0 Å². The van der Waals surface area contributed by atoms with E-state index in [-0.39, 0.29) is 5.54 Å². The number of ether oxygens (including phenoxy) is 1. The van der Waals surface area contributed by atoms with Gasteiger partial charge in [0, 0.05) is 12.1 Å². The number of rotatable bonds is 5. The lowest BCUT2D eigenvalue weighted by Crippen LogP contribution is -2.40. The van der Waals surface area contributed by atoms with Crippen molar-refractivity contribution in [1.82, 2.24) is 4.90 Å². The van der Waals surface area contributed by atoms with Crippen molar-refractivity contribution in [2.45, 2.75) is 45.3 Å². The molecule has 1 heterocycles. The average Bonchev–Trinajstić information content (AvgIpc) is 2.70. The quantitative estimate of drug-likeness (QED) is 0.886. The summed E-state index contributed by atoms with van der Waals surface area (Å²) in [6.45, 7) is 8.94. The summed E-state index contributed by atoms with van der Waals surface area (Å²) in [6.07, 6.45) is 2.01. The molecule has 0 radical (unpaired) electrons. The molecule has 1 aromatic rings. The van der Waals surface area contributed by atoms with Gasteiger partial charge in [-0.05, 0) is 57.9 Å². The van der Waals surface area contributed by atoms with Crippen LogP contribution in [0, 0.1) is 0 Å². The van der Waals surface area contributed by atoms with Gasteiger partial charge in [0.1, 0.15) is 5.75 Å². The van der Waals surface area contributed by atoms with Crippen molar-refractivity contribution in [3.63, 3.8) is 0 Å². The van der Waals surface area contributed by atoms with Gasteiger partial charge in [-0.2, -0.15) is 0 Å². The lowest BCUT2D eigenvalue weighted by Gasteiger charge is -2.33. The molecule has 1 aliphatic heterocycles. The SMILES string of the molecule is CCOc1ccc(C(O)CN2CCCC2(C)C)cc1. The first-order valence-electron chi connectivity index (χ1n) is 7.19.